The van der Waals surface area contributed by atoms with Gasteiger partial charge in [-0.25, -0.2) is 9.78 Å². The number of thiophene rings is 1. The maximum atomic E-state index is 13.1. The minimum Gasteiger partial charge on any atom is -0.507 e. The van der Waals surface area contributed by atoms with Gasteiger partial charge in [0.05, 0.1) is 18.4 Å². The van der Waals surface area contributed by atoms with Gasteiger partial charge in [-0.2, -0.15) is 0 Å². The molecule has 1 N–H and O–H groups in total. The zero-order valence-corrected chi connectivity index (χ0v) is 19.9. The lowest BCUT2D eigenvalue weighted by molar-refractivity contribution is -0.132. The number of hydrogen-bond donors (Lipinski definition) is 1. The highest BCUT2D eigenvalue weighted by molar-refractivity contribution is 7.18. The van der Waals surface area contributed by atoms with Gasteiger partial charge < -0.3 is 14.6 Å². The lowest BCUT2D eigenvalue weighted by Gasteiger charge is -2.21. The number of aromatic nitrogens is 1. The van der Waals surface area contributed by atoms with E-state index in [1.165, 1.54) is 23.3 Å². The van der Waals surface area contributed by atoms with E-state index in [9.17, 15) is 19.5 Å². The summed E-state index contributed by atoms with van der Waals surface area (Å²) in [6, 6.07) is 9.19. The van der Waals surface area contributed by atoms with Gasteiger partial charge >= 0.3 is 11.9 Å². The molecule has 1 aliphatic rings. The van der Waals surface area contributed by atoms with Crippen molar-refractivity contribution in [3.05, 3.63) is 81.0 Å². The van der Waals surface area contributed by atoms with Gasteiger partial charge in [-0.1, -0.05) is 30.1 Å². The molecule has 3 heterocycles. The fraction of sp³-hybridized carbons (Fsp3) is 0.167. The molecule has 0 aliphatic carbocycles. The fourth-order valence-corrected chi connectivity index (χ4v) is 5.37. The number of esters is 1. The molecule has 0 radical (unpaired) electrons. The molecule has 8 nitrogen and oxygen atoms in total. The van der Waals surface area contributed by atoms with Gasteiger partial charge in [0.2, 0.25) is 0 Å². The van der Waals surface area contributed by atoms with E-state index in [0.717, 1.165) is 11.3 Å². The van der Waals surface area contributed by atoms with E-state index in [1.807, 2.05) is 5.38 Å². The largest absolute Gasteiger partial charge is 0.507 e. The monoisotopic (exact) mass is 496 g/mol. The van der Waals surface area contributed by atoms with Crippen LogP contribution >= 0.6 is 22.7 Å². The Morgan fingerprint density at radius 2 is 2.00 bits per heavy atom. The lowest BCUT2D eigenvalue weighted by Crippen LogP contribution is -2.29. The summed E-state index contributed by atoms with van der Waals surface area (Å²) in [7, 11) is 1.26. The van der Waals surface area contributed by atoms with Gasteiger partial charge in [0, 0.05) is 10.4 Å². The van der Waals surface area contributed by atoms with Crippen LogP contribution in [0, 0.1) is 6.92 Å². The molecule has 1 atom stereocenters. The second kappa shape index (κ2) is 9.62. The molecule has 4 rings (SSSR count). The number of amides is 1. The van der Waals surface area contributed by atoms with E-state index < -0.39 is 23.7 Å². The smallest absolute Gasteiger partial charge is 0.350 e. The van der Waals surface area contributed by atoms with E-state index in [4.69, 9.17) is 9.47 Å². The van der Waals surface area contributed by atoms with Gasteiger partial charge in [-0.15, -0.1) is 11.3 Å². The van der Waals surface area contributed by atoms with Crippen LogP contribution in [0.1, 0.15) is 31.8 Å². The third-order valence-corrected chi connectivity index (χ3v) is 7.18. The van der Waals surface area contributed by atoms with Crippen LogP contribution in [0.3, 0.4) is 0 Å². The maximum absolute atomic E-state index is 13.1. The standard InChI is InChI=1S/C24H20N2O6S2/c1-4-11-32-15-9-7-14(8-10-15)19(27)17-18(16-6-5-12-33-16)26(22(29)20(17)28)24-25-13(2)21(34-24)23(30)31-3/h4-10,12,18,27H,1,11H2,2-3H3/b19-17+. The molecule has 3 aromatic rings. The van der Waals surface area contributed by atoms with Crippen molar-refractivity contribution in [3.8, 4) is 5.75 Å². The van der Waals surface area contributed by atoms with Crippen LogP contribution in [0.5, 0.6) is 5.75 Å². The van der Waals surface area contributed by atoms with Crippen LogP contribution in [0.4, 0.5) is 5.13 Å². The first kappa shape index (κ1) is 23.4. The number of ether oxygens (including phenoxy) is 2. The molecule has 1 aliphatic heterocycles. The molecule has 2 aromatic heterocycles. The number of hydrogen-bond acceptors (Lipinski definition) is 9. The third kappa shape index (κ3) is 4.13. The molecular formula is C24H20N2O6S2. The number of Topliss-reactive ketones (excluding diaryl/α,β-unsaturated/α-hetero) is 1. The number of carbonyl (C=O) groups is 3. The Morgan fingerprint density at radius 1 is 1.26 bits per heavy atom. The Labute approximate surface area is 203 Å². The molecule has 174 valence electrons. The summed E-state index contributed by atoms with van der Waals surface area (Å²) in [6.45, 7) is 5.55. The summed E-state index contributed by atoms with van der Waals surface area (Å²) in [5.41, 5.74) is 0.685. The number of aliphatic hydroxyl groups is 1. The molecule has 1 fully saturated rings. The summed E-state index contributed by atoms with van der Waals surface area (Å²) in [5, 5.41) is 13.1. The molecular weight excluding hydrogens is 476 g/mol. The number of thiazole rings is 1. The quantitative estimate of drug-likeness (QED) is 0.169. The molecule has 10 heteroatoms. The van der Waals surface area contributed by atoms with E-state index in [1.54, 1.807) is 49.4 Å². The van der Waals surface area contributed by atoms with Crippen molar-refractivity contribution in [2.75, 3.05) is 18.6 Å². The first-order valence-corrected chi connectivity index (χ1v) is 11.8. The number of nitrogens with zero attached hydrogens (tertiary/aromatic N) is 2. The highest BCUT2D eigenvalue weighted by Crippen LogP contribution is 2.45. The molecule has 1 unspecified atom stereocenters. The van der Waals surface area contributed by atoms with Crippen LogP contribution in [0.15, 0.2) is 60.0 Å². The SMILES string of the molecule is C=CCOc1ccc(/C(O)=C2\C(=O)C(=O)N(c3nc(C)c(C(=O)OC)s3)C2c2cccs2)cc1. The average molecular weight is 497 g/mol. The second-order valence-electron chi connectivity index (χ2n) is 7.21. The number of methoxy groups -OCH3 is 1. The predicted octanol–water partition coefficient (Wildman–Crippen LogP) is 4.49. The number of anilines is 1. The molecule has 1 amide bonds. The molecule has 0 spiro atoms. The third-order valence-electron chi connectivity index (χ3n) is 5.11. The summed E-state index contributed by atoms with van der Waals surface area (Å²) in [4.78, 5) is 44.9. The summed E-state index contributed by atoms with van der Waals surface area (Å²) >= 11 is 2.30. The van der Waals surface area contributed by atoms with Crippen molar-refractivity contribution in [3.63, 3.8) is 0 Å². The Balaban J connectivity index is 1.82. The van der Waals surface area contributed by atoms with Crippen molar-refractivity contribution < 1.29 is 29.0 Å². The van der Waals surface area contributed by atoms with Gasteiger partial charge in [-0.3, -0.25) is 14.5 Å². The van der Waals surface area contributed by atoms with Crippen molar-refractivity contribution in [2.24, 2.45) is 0 Å². The highest BCUT2D eigenvalue weighted by Gasteiger charge is 2.48. The highest BCUT2D eigenvalue weighted by atomic mass is 32.1. The number of ketones is 1. The number of aryl methyl sites for hydroxylation is 1. The van der Waals surface area contributed by atoms with Crippen LogP contribution in [-0.2, 0) is 14.3 Å². The molecule has 1 aromatic carbocycles. The molecule has 0 bridgehead atoms. The van der Waals surface area contributed by atoms with Crippen LogP contribution < -0.4 is 9.64 Å². The number of carbonyl (C=O) groups excluding carboxylic acids is 3. The average Bonchev–Trinajstić information content (AvgIpc) is 3.56. The van der Waals surface area contributed by atoms with Crippen LogP contribution in [0.2, 0.25) is 0 Å². The molecule has 1 saturated heterocycles. The molecule has 0 saturated carbocycles. The Bertz CT molecular complexity index is 1290. The summed E-state index contributed by atoms with van der Waals surface area (Å²) < 4.78 is 10.3. The van der Waals surface area contributed by atoms with Gasteiger partial charge in [-0.05, 0) is 42.6 Å². The van der Waals surface area contributed by atoms with E-state index in [0.29, 0.717) is 28.5 Å². The first-order chi connectivity index (χ1) is 16.4. The van der Waals surface area contributed by atoms with Gasteiger partial charge in [0.25, 0.3) is 5.78 Å². The normalized spacial score (nSPS) is 17.1. The first-order valence-electron chi connectivity index (χ1n) is 10.1. The lowest BCUT2D eigenvalue weighted by atomic mass is 10.00. The van der Waals surface area contributed by atoms with Gasteiger partial charge in [0.15, 0.2) is 5.13 Å². The van der Waals surface area contributed by atoms with Gasteiger partial charge in [0.1, 0.15) is 29.0 Å². The predicted molar refractivity (Wildman–Crippen MR) is 129 cm³/mol. The molecule has 34 heavy (non-hydrogen) atoms. The number of aliphatic hydroxyl groups excluding tert-OH is 1. The minimum atomic E-state index is -0.896. The minimum absolute atomic E-state index is 0.0559. The van der Waals surface area contributed by atoms with E-state index in [-0.39, 0.29) is 21.3 Å². The summed E-state index contributed by atoms with van der Waals surface area (Å²) in [5.74, 6) is -1.99. The Kier molecular flexibility index (Phi) is 6.62. The van der Waals surface area contributed by atoms with E-state index >= 15 is 0 Å². The van der Waals surface area contributed by atoms with Crippen molar-refractivity contribution in [2.45, 2.75) is 13.0 Å². The fourth-order valence-electron chi connectivity index (χ4n) is 3.53. The van der Waals surface area contributed by atoms with Crippen LogP contribution in [0.25, 0.3) is 5.76 Å². The van der Waals surface area contributed by atoms with E-state index in [2.05, 4.69) is 11.6 Å². The van der Waals surface area contributed by atoms with Crippen molar-refractivity contribution in [1.29, 1.82) is 0 Å². The summed E-state index contributed by atoms with van der Waals surface area (Å²) in [6.07, 6.45) is 1.61. The number of rotatable bonds is 7. The van der Waals surface area contributed by atoms with Crippen molar-refractivity contribution in [1.82, 2.24) is 4.98 Å². The maximum Gasteiger partial charge on any atom is 0.350 e. The second-order valence-corrected chi connectivity index (χ2v) is 9.17. The van der Waals surface area contributed by atoms with Crippen LogP contribution in [-0.4, -0.2) is 41.5 Å². The Hall–Kier alpha value is -3.76. The zero-order chi connectivity index (χ0) is 24.4. The number of benzene rings is 1. The Morgan fingerprint density at radius 3 is 2.62 bits per heavy atom. The zero-order valence-electron chi connectivity index (χ0n) is 18.3. The topological polar surface area (TPSA) is 106 Å². The van der Waals surface area contributed by atoms with Crippen molar-refractivity contribution >= 4 is 51.2 Å².